The maximum Gasteiger partial charge on any atom is 0.241 e. The molecule has 7 nitrogen and oxygen atoms in total. The quantitative estimate of drug-likeness (QED) is 0.544. The Labute approximate surface area is 163 Å². The summed E-state index contributed by atoms with van der Waals surface area (Å²) < 4.78 is 30.1. The van der Waals surface area contributed by atoms with Crippen LogP contribution in [0, 0.1) is 6.92 Å². The van der Waals surface area contributed by atoms with E-state index < -0.39 is 10.0 Å². The van der Waals surface area contributed by atoms with E-state index in [1.54, 1.807) is 41.5 Å². The molecule has 2 aromatic carbocycles. The fraction of sp³-hybridized carbons (Fsp3) is 0.150. The second-order valence-corrected chi connectivity index (χ2v) is 8.25. The number of aromatic nitrogens is 4. The summed E-state index contributed by atoms with van der Waals surface area (Å²) in [4.78, 5) is 8.47. The van der Waals surface area contributed by atoms with Crippen molar-refractivity contribution in [3.8, 4) is 0 Å². The highest BCUT2D eigenvalue weighted by Crippen LogP contribution is 2.24. The van der Waals surface area contributed by atoms with Gasteiger partial charge < -0.3 is 0 Å². The minimum Gasteiger partial charge on any atom is -0.256 e. The van der Waals surface area contributed by atoms with Gasteiger partial charge in [-0.05, 0) is 41.8 Å². The molecule has 0 saturated carbocycles. The Kier molecular flexibility index (Phi) is 4.89. The van der Waals surface area contributed by atoms with Crippen molar-refractivity contribution in [2.75, 3.05) is 0 Å². The molecule has 142 valence electrons. The summed E-state index contributed by atoms with van der Waals surface area (Å²) >= 11 is 0. The maximum absolute atomic E-state index is 12.9. The second-order valence-electron chi connectivity index (χ2n) is 6.51. The Morgan fingerprint density at radius 3 is 2.57 bits per heavy atom. The number of hydrogen-bond acceptors (Lipinski definition) is 5. The largest absolute Gasteiger partial charge is 0.256 e. The van der Waals surface area contributed by atoms with Crippen LogP contribution in [0.4, 0.5) is 0 Å². The molecule has 0 radical (unpaired) electrons. The smallest absolute Gasteiger partial charge is 0.241 e. The molecule has 8 heteroatoms. The summed E-state index contributed by atoms with van der Waals surface area (Å²) in [6, 6.07) is 14.7. The molecular weight excluding hydrogens is 374 g/mol. The van der Waals surface area contributed by atoms with E-state index in [0.29, 0.717) is 17.4 Å². The van der Waals surface area contributed by atoms with E-state index in [9.17, 15) is 8.42 Å². The lowest BCUT2D eigenvalue weighted by Crippen LogP contribution is -2.23. The van der Waals surface area contributed by atoms with Crippen LogP contribution in [0.3, 0.4) is 0 Å². The first kappa shape index (κ1) is 18.3. The monoisotopic (exact) mass is 393 g/mol. The molecule has 0 bridgehead atoms. The third-order valence-corrected chi connectivity index (χ3v) is 5.98. The van der Waals surface area contributed by atoms with Crippen LogP contribution in [0.2, 0.25) is 0 Å². The van der Waals surface area contributed by atoms with Gasteiger partial charge in [-0.1, -0.05) is 30.3 Å². The van der Waals surface area contributed by atoms with Gasteiger partial charge in [0.05, 0.1) is 17.0 Å². The van der Waals surface area contributed by atoms with Crippen LogP contribution in [0.15, 0.2) is 72.3 Å². The van der Waals surface area contributed by atoms with Crippen LogP contribution in [0.5, 0.6) is 0 Å². The van der Waals surface area contributed by atoms with E-state index in [4.69, 9.17) is 0 Å². The molecule has 0 fully saturated rings. The molecule has 28 heavy (non-hydrogen) atoms. The van der Waals surface area contributed by atoms with Crippen LogP contribution >= 0.6 is 0 Å². The molecule has 4 aromatic rings. The number of fused-ring (bicyclic) bond motifs is 1. The number of pyridine rings is 1. The van der Waals surface area contributed by atoms with Crippen LogP contribution in [0.1, 0.15) is 16.7 Å². The van der Waals surface area contributed by atoms with Gasteiger partial charge in [0, 0.05) is 18.1 Å². The SMILES string of the molecule is Cc1ccc(S(=O)(=O)NCc2ccc(Cn3cncn3)cc2)c2cccnc12. The number of aryl methyl sites for hydroxylation is 1. The van der Waals surface area contributed by atoms with Gasteiger partial charge in [0.1, 0.15) is 12.7 Å². The van der Waals surface area contributed by atoms with E-state index >= 15 is 0 Å². The third-order valence-electron chi connectivity index (χ3n) is 4.52. The van der Waals surface area contributed by atoms with E-state index in [0.717, 1.165) is 16.7 Å². The average Bonchev–Trinajstić information content (AvgIpc) is 3.21. The number of benzene rings is 2. The molecule has 0 atom stereocenters. The Morgan fingerprint density at radius 1 is 1.04 bits per heavy atom. The number of nitrogens with zero attached hydrogens (tertiary/aromatic N) is 4. The van der Waals surface area contributed by atoms with Crippen molar-refractivity contribution in [2.45, 2.75) is 24.9 Å². The van der Waals surface area contributed by atoms with Crippen LogP contribution < -0.4 is 4.72 Å². The summed E-state index contributed by atoms with van der Waals surface area (Å²) in [5, 5.41) is 4.70. The van der Waals surface area contributed by atoms with E-state index in [2.05, 4.69) is 19.8 Å². The zero-order valence-corrected chi connectivity index (χ0v) is 16.1. The molecule has 0 saturated heterocycles. The summed E-state index contributed by atoms with van der Waals surface area (Å²) in [6.07, 6.45) is 4.82. The van der Waals surface area contributed by atoms with Crippen LogP contribution in [-0.4, -0.2) is 28.2 Å². The van der Waals surface area contributed by atoms with Crippen molar-refractivity contribution >= 4 is 20.9 Å². The van der Waals surface area contributed by atoms with Crippen molar-refractivity contribution in [3.63, 3.8) is 0 Å². The first-order valence-electron chi connectivity index (χ1n) is 8.77. The average molecular weight is 393 g/mol. The lowest BCUT2D eigenvalue weighted by molar-refractivity contribution is 0.582. The zero-order valence-electron chi connectivity index (χ0n) is 15.3. The molecule has 4 rings (SSSR count). The minimum absolute atomic E-state index is 0.210. The number of sulfonamides is 1. The zero-order chi connectivity index (χ0) is 19.6. The van der Waals surface area contributed by atoms with Gasteiger partial charge >= 0.3 is 0 Å². The van der Waals surface area contributed by atoms with Crippen molar-refractivity contribution < 1.29 is 8.42 Å². The predicted octanol–water partition coefficient (Wildman–Crippen LogP) is 2.66. The van der Waals surface area contributed by atoms with Gasteiger partial charge in [-0.2, -0.15) is 5.10 Å². The Bertz CT molecular complexity index is 1200. The molecule has 2 aromatic heterocycles. The molecule has 0 unspecified atom stereocenters. The molecule has 0 aliphatic rings. The number of hydrogen-bond donors (Lipinski definition) is 1. The lowest BCUT2D eigenvalue weighted by atomic mass is 10.1. The summed E-state index contributed by atoms with van der Waals surface area (Å²) in [6.45, 7) is 2.75. The van der Waals surface area contributed by atoms with Gasteiger partial charge in [-0.15, -0.1) is 0 Å². The summed E-state index contributed by atoms with van der Waals surface area (Å²) in [5.74, 6) is 0. The van der Waals surface area contributed by atoms with Crippen molar-refractivity contribution in [1.82, 2.24) is 24.5 Å². The van der Waals surface area contributed by atoms with Gasteiger partial charge in [-0.25, -0.2) is 22.8 Å². The fourth-order valence-electron chi connectivity index (χ4n) is 3.04. The number of rotatable bonds is 6. The maximum atomic E-state index is 12.9. The van der Waals surface area contributed by atoms with Crippen molar-refractivity contribution in [3.05, 3.63) is 84.1 Å². The van der Waals surface area contributed by atoms with Gasteiger partial charge in [0.15, 0.2) is 0 Å². The predicted molar refractivity (Wildman–Crippen MR) is 106 cm³/mol. The Balaban J connectivity index is 1.51. The van der Waals surface area contributed by atoms with Gasteiger partial charge in [0.2, 0.25) is 10.0 Å². The first-order valence-corrected chi connectivity index (χ1v) is 10.3. The summed E-state index contributed by atoms with van der Waals surface area (Å²) in [7, 11) is -3.67. The van der Waals surface area contributed by atoms with Crippen molar-refractivity contribution in [2.24, 2.45) is 0 Å². The van der Waals surface area contributed by atoms with E-state index in [1.165, 1.54) is 6.33 Å². The molecule has 0 aliphatic heterocycles. The second kappa shape index (κ2) is 7.49. The molecular formula is C20H19N5O2S. The van der Waals surface area contributed by atoms with E-state index in [-0.39, 0.29) is 11.4 Å². The highest BCUT2D eigenvalue weighted by molar-refractivity contribution is 7.89. The summed E-state index contributed by atoms with van der Waals surface area (Å²) in [5.41, 5.74) is 3.58. The van der Waals surface area contributed by atoms with Gasteiger partial charge in [-0.3, -0.25) is 4.98 Å². The standard InChI is InChI=1S/C20H19N5O2S/c1-15-4-9-19(18-3-2-10-22-20(15)18)28(26,27)24-11-16-5-7-17(8-6-16)12-25-14-21-13-23-25/h2-10,13-14,24H,11-12H2,1H3. The van der Waals surface area contributed by atoms with E-state index in [1.807, 2.05) is 31.2 Å². The van der Waals surface area contributed by atoms with Crippen LogP contribution in [0.25, 0.3) is 10.9 Å². The molecule has 2 heterocycles. The lowest BCUT2D eigenvalue weighted by Gasteiger charge is -2.11. The fourth-order valence-corrected chi connectivity index (χ4v) is 4.26. The normalized spacial score (nSPS) is 11.8. The molecule has 0 spiro atoms. The minimum atomic E-state index is -3.67. The highest BCUT2D eigenvalue weighted by atomic mass is 32.2. The molecule has 0 amide bonds. The first-order chi connectivity index (χ1) is 13.5. The topological polar surface area (TPSA) is 89.8 Å². The molecule has 1 N–H and O–H groups in total. The molecule has 0 aliphatic carbocycles. The third kappa shape index (κ3) is 3.78. The van der Waals surface area contributed by atoms with Crippen molar-refractivity contribution in [1.29, 1.82) is 0 Å². The Morgan fingerprint density at radius 2 is 1.82 bits per heavy atom. The highest BCUT2D eigenvalue weighted by Gasteiger charge is 2.18. The van der Waals surface area contributed by atoms with Gasteiger partial charge in [0.25, 0.3) is 0 Å². The Hall–Kier alpha value is -3.10. The van der Waals surface area contributed by atoms with Crippen LogP contribution in [-0.2, 0) is 23.1 Å². The number of nitrogens with one attached hydrogen (secondary N) is 1.